The number of aryl methyl sites for hydroxylation is 1. The van der Waals surface area contributed by atoms with Crippen LogP contribution in [0.25, 0.3) is 11.0 Å². The summed E-state index contributed by atoms with van der Waals surface area (Å²) in [6.07, 6.45) is 2.39. The molecule has 2 aliphatic rings. The topological polar surface area (TPSA) is 93.0 Å². The van der Waals surface area contributed by atoms with Gasteiger partial charge in [0.1, 0.15) is 5.82 Å². The summed E-state index contributed by atoms with van der Waals surface area (Å²) in [5.41, 5.74) is 0.675. The third kappa shape index (κ3) is 1.65. The molecule has 2 fully saturated rings. The number of piperidine rings is 1. The molecule has 2 atom stereocenters. The highest BCUT2D eigenvalue weighted by Gasteiger charge is 2.58. The second-order valence-electron chi connectivity index (χ2n) is 5.46. The highest BCUT2D eigenvalue weighted by Crippen LogP contribution is 2.47. The molecule has 2 unspecified atom stereocenters. The number of rotatable bonds is 3. The van der Waals surface area contributed by atoms with Crippen molar-refractivity contribution in [2.75, 3.05) is 12.4 Å². The first-order valence-electron chi connectivity index (χ1n) is 6.81. The molecular formula is C13H14N6O2. The number of fused-ring (bicyclic) bond motifs is 2. The van der Waals surface area contributed by atoms with E-state index in [2.05, 4.69) is 20.4 Å². The summed E-state index contributed by atoms with van der Waals surface area (Å²) in [6.45, 7) is 0.125. The van der Waals surface area contributed by atoms with Gasteiger partial charge in [-0.3, -0.25) is 19.2 Å². The first-order chi connectivity index (χ1) is 10.1. The molecule has 108 valence electrons. The average Bonchev–Trinajstić information content (AvgIpc) is 3.15. The lowest BCUT2D eigenvalue weighted by Gasteiger charge is -2.15. The number of hydrogen-bond donors (Lipinski definition) is 1. The number of aromatic nitrogens is 4. The number of carbonyl (C=O) groups excluding carboxylic acids is 2. The molecule has 2 amide bonds. The monoisotopic (exact) mass is 286 g/mol. The van der Waals surface area contributed by atoms with Crippen molar-refractivity contribution in [2.24, 2.45) is 18.9 Å². The molecule has 1 saturated carbocycles. The van der Waals surface area contributed by atoms with Gasteiger partial charge < -0.3 is 5.32 Å². The molecule has 0 radical (unpaired) electrons. The third-order valence-corrected chi connectivity index (χ3v) is 4.13. The van der Waals surface area contributed by atoms with E-state index in [4.69, 9.17) is 0 Å². The maximum absolute atomic E-state index is 12.0. The summed E-state index contributed by atoms with van der Waals surface area (Å²) in [7, 11) is 3.56. The summed E-state index contributed by atoms with van der Waals surface area (Å²) < 4.78 is 1.65. The summed E-state index contributed by atoms with van der Waals surface area (Å²) in [6, 6.07) is 0. The number of likely N-dealkylation sites (tertiary alicyclic amines) is 1. The van der Waals surface area contributed by atoms with Crippen molar-refractivity contribution in [2.45, 2.75) is 13.0 Å². The number of nitrogens with zero attached hydrogens (tertiary/aromatic N) is 5. The number of amides is 2. The van der Waals surface area contributed by atoms with Gasteiger partial charge in [0.05, 0.1) is 30.0 Å². The molecule has 0 bridgehead atoms. The van der Waals surface area contributed by atoms with Gasteiger partial charge in [-0.15, -0.1) is 0 Å². The van der Waals surface area contributed by atoms with Gasteiger partial charge in [0.25, 0.3) is 0 Å². The zero-order chi connectivity index (χ0) is 14.7. The van der Waals surface area contributed by atoms with Crippen LogP contribution in [0.5, 0.6) is 0 Å². The van der Waals surface area contributed by atoms with Crippen LogP contribution in [0.1, 0.15) is 12.2 Å². The molecule has 2 aromatic heterocycles. The molecule has 0 aromatic carbocycles. The maximum Gasteiger partial charge on any atom is 0.233 e. The average molecular weight is 286 g/mol. The summed E-state index contributed by atoms with van der Waals surface area (Å²) >= 11 is 0. The van der Waals surface area contributed by atoms with E-state index < -0.39 is 0 Å². The Morgan fingerprint density at radius 3 is 2.67 bits per heavy atom. The SMILES string of the molecule is CNc1nc(CN2C(=O)C3CC3C2=O)nc2c1cnn2C. The lowest BCUT2D eigenvalue weighted by Crippen LogP contribution is -2.33. The Kier molecular flexibility index (Phi) is 2.33. The first kappa shape index (κ1) is 12.2. The Morgan fingerprint density at radius 2 is 2.00 bits per heavy atom. The van der Waals surface area contributed by atoms with E-state index in [0.29, 0.717) is 23.7 Å². The van der Waals surface area contributed by atoms with E-state index in [1.807, 2.05) is 0 Å². The lowest BCUT2D eigenvalue weighted by molar-refractivity contribution is -0.142. The molecule has 3 heterocycles. The van der Waals surface area contributed by atoms with Gasteiger partial charge in [-0.1, -0.05) is 0 Å². The van der Waals surface area contributed by atoms with Crippen molar-refractivity contribution in [3.05, 3.63) is 12.0 Å². The number of imide groups is 1. The van der Waals surface area contributed by atoms with Gasteiger partial charge in [-0.05, 0) is 6.42 Å². The first-order valence-corrected chi connectivity index (χ1v) is 6.81. The molecule has 1 N–H and O–H groups in total. The van der Waals surface area contributed by atoms with Gasteiger partial charge in [0.15, 0.2) is 11.5 Å². The van der Waals surface area contributed by atoms with Crippen molar-refractivity contribution in [3.63, 3.8) is 0 Å². The predicted octanol–water partition coefficient (Wildman–Crippen LogP) is -0.0901. The zero-order valence-corrected chi connectivity index (χ0v) is 11.7. The normalized spacial score (nSPS) is 23.8. The Labute approximate surface area is 120 Å². The number of nitrogens with one attached hydrogen (secondary N) is 1. The van der Waals surface area contributed by atoms with Gasteiger partial charge in [-0.2, -0.15) is 5.10 Å². The van der Waals surface area contributed by atoms with Crippen LogP contribution in [0, 0.1) is 11.8 Å². The molecule has 8 heteroatoms. The molecule has 4 rings (SSSR count). The molecule has 2 aromatic rings. The molecule has 1 aliphatic carbocycles. The van der Waals surface area contributed by atoms with Crippen LogP contribution in [0.15, 0.2) is 6.20 Å². The quantitative estimate of drug-likeness (QED) is 0.793. The zero-order valence-electron chi connectivity index (χ0n) is 11.7. The van der Waals surface area contributed by atoms with Crippen molar-refractivity contribution < 1.29 is 9.59 Å². The molecule has 1 saturated heterocycles. The van der Waals surface area contributed by atoms with Gasteiger partial charge in [0.2, 0.25) is 11.8 Å². The lowest BCUT2D eigenvalue weighted by atomic mass is 10.3. The predicted molar refractivity (Wildman–Crippen MR) is 73.0 cm³/mol. The summed E-state index contributed by atoms with van der Waals surface area (Å²) in [5, 5.41) is 7.96. The van der Waals surface area contributed by atoms with Gasteiger partial charge in [0, 0.05) is 14.1 Å². The number of hydrogen-bond acceptors (Lipinski definition) is 6. The minimum absolute atomic E-state index is 0.0929. The van der Waals surface area contributed by atoms with E-state index in [9.17, 15) is 9.59 Å². The number of carbonyl (C=O) groups is 2. The standard InChI is InChI=1S/C13H14N6O2/c1-14-10-8-4-15-18(2)11(8)17-9(16-10)5-19-12(20)6-3-7(6)13(19)21/h4,6-7H,3,5H2,1-2H3,(H,14,16,17). The Bertz CT molecular complexity index is 762. The molecule has 1 aliphatic heterocycles. The van der Waals surface area contributed by atoms with Crippen LogP contribution in [-0.2, 0) is 23.2 Å². The van der Waals surface area contributed by atoms with Crippen LogP contribution >= 0.6 is 0 Å². The van der Waals surface area contributed by atoms with E-state index in [1.165, 1.54) is 4.90 Å². The molecule has 21 heavy (non-hydrogen) atoms. The minimum atomic E-state index is -0.0956. The van der Waals surface area contributed by atoms with Crippen LogP contribution < -0.4 is 5.32 Å². The third-order valence-electron chi connectivity index (χ3n) is 4.13. The maximum atomic E-state index is 12.0. The Morgan fingerprint density at radius 1 is 1.29 bits per heavy atom. The van der Waals surface area contributed by atoms with Crippen molar-refractivity contribution in [3.8, 4) is 0 Å². The fourth-order valence-electron chi connectivity index (χ4n) is 2.88. The highest BCUT2D eigenvalue weighted by atomic mass is 16.2. The van der Waals surface area contributed by atoms with E-state index in [-0.39, 0.29) is 30.2 Å². The van der Waals surface area contributed by atoms with Crippen LogP contribution in [0.4, 0.5) is 5.82 Å². The fraction of sp³-hybridized carbons (Fsp3) is 0.462. The van der Waals surface area contributed by atoms with Crippen LogP contribution in [0.2, 0.25) is 0 Å². The molecule has 8 nitrogen and oxygen atoms in total. The second kappa shape index (κ2) is 4.00. The summed E-state index contributed by atoms with van der Waals surface area (Å²) in [4.78, 5) is 34.1. The summed E-state index contributed by atoms with van der Waals surface area (Å²) in [5.74, 6) is 0.712. The second-order valence-corrected chi connectivity index (χ2v) is 5.46. The smallest absolute Gasteiger partial charge is 0.233 e. The largest absolute Gasteiger partial charge is 0.372 e. The van der Waals surface area contributed by atoms with Gasteiger partial charge in [-0.25, -0.2) is 9.97 Å². The Balaban J connectivity index is 1.72. The molecular weight excluding hydrogens is 272 g/mol. The Hall–Kier alpha value is -2.51. The molecule has 0 spiro atoms. The highest BCUT2D eigenvalue weighted by molar-refractivity contribution is 6.08. The minimum Gasteiger partial charge on any atom is -0.372 e. The van der Waals surface area contributed by atoms with Crippen molar-refractivity contribution in [1.29, 1.82) is 0 Å². The van der Waals surface area contributed by atoms with E-state index in [1.54, 1.807) is 25.0 Å². The van der Waals surface area contributed by atoms with Crippen molar-refractivity contribution in [1.82, 2.24) is 24.6 Å². The van der Waals surface area contributed by atoms with E-state index in [0.717, 1.165) is 5.39 Å². The number of anilines is 1. The fourth-order valence-corrected chi connectivity index (χ4v) is 2.88. The van der Waals surface area contributed by atoms with Crippen LogP contribution in [-0.4, -0.2) is 43.5 Å². The van der Waals surface area contributed by atoms with Gasteiger partial charge >= 0.3 is 0 Å². The van der Waals surface area contributed by atoms with Crippen LogP contribution in [0.3, 0.4) is 0 Å². The van der Waals surface area contributed by atoms with Crippen molar-refractivity contribution >= 4 is 28.7 Å². The van der Waals surface area contributed by atoms with E-state index >= 15 is 0 Å².